The molecule has 0 saturated carbocycles. The van der Waals surface area contributed by atoms with Crippen molar-refractivity contribution < 1.29 is 35.9 Å². The maximum Gasteiger partial charge on any atom is 0.446 e. The molecule has 0 radical (unpaired) electrons. The van der Waals surface area contributed by atoms with E-state index < -0.39 is 24.2 Å². The highest BCUT2D eigenvalue weighted by Crippen LogP contribution is 2.30. The lowest BCUT2D eigenvalue weighted by Crippen LogP contribution is -2.35. The van der Waals surface area contributed by atoms with Gasteiger partial charge >= 0.3 is 12.4 Å². The Bertz CT molecular complexity index is 850. The van der Waals surface area contributed by atoms with Gasteiger partial charge in [0, 0.05) is 24.7 Å². The molecular formula is C23H26F6N2O2. The summed E-state index contributed by atoms with van der Waals surface area (Å²) in [6.45, 7) is 4.49. The van der Waals surface area contributed by atoms with Crippen molar-refractivity contribution in [1.29, 1.82) is 0 Å². The quantitative estimate of drug-likeness (QED) is 0.383. The van der Waals surface area contributed by atoms with Gasteiger partial charge in [0.05, 0.1) is 5.56 Å². The van der Waals surface area contributed by atoms with Crippen LogP contribution < -0.4 is 10.6 Å². The van der Waals surface area contributed by atoms with E-state index in [2.05, 4.69) is 10.6 Å². The molecule has 0 bridgehead atoms. The van der Waals surface area contributed by atoms with E-state index in [1.807, 2.05) is 44.2 Å². The molecule has 10 heteroatoms. The van der Waals surface area contributed by atoms with Crippen molar-refractivity contribution in [2.24, 2.45) is 5.92 Å². The molecule has 1 atom stereocenters. The van der Waals surface area contributed by atoms with Crippen molar-refractivity contribution in [3.8, 4) is 0 Å². The average Bonchev–Trinajstić information content (AvgIpc) is 2.73. The Hall–Kier alpha value is -3.04. The highest BCUT2D eigenvalue weighted by molar-refractivity contribution is 5.77. The van der Waals surface area contributed by atoms with Crippen LogP contribution in [0.3, 0.4) is 0 Å². The fourth-order valence-corrected chi connectivity index (χ4v) is 2.69. The number of hydrogen-bond donors (Lipinski definition) is 2. The van der Waals surface area contributed by atoms with Crippen LogP contribution in [0.25, 0.3) is 0 Å². The molecular weight excluding hydrogens is 450 g/mol. The van der Waals surface area contributed by atoms with Gasteiger partial charge in [0.2, 0.25) is 12.2 Å². The summed E-state index contributed by atoms with van der Waals surface area (Å²) < 4.78 is 69.2. The van der Waals surface area contributed by atoms with Gasteiger partial charge in [0.25, 0.3) is 0 Å². The fourth-order valence-electron chi connectivity index (χ4n) is 2.69. The van der Waals surface area contributed by atoms with Crippen LogP contribution in [0.2, 0.25) is 0 Å². The molecule has 0 fully saturated rings. The van der Waals surface area contributed by atoms with E-state index >= 15 is 0 Å². The number of carbonyl (C=O) groups excluding carboxylic acids is 2. The van der Waals surface area contributed by atoms with Crippen LogP contribution in [0.4, 0.5) is 32.0 Å². The third-order valence-corrected chi connectivity index (χ3v) is 4.49. The Balaban J connectivity index is 0.000000801. The molecule has 33 heavy (non-hydrogen) atoms. The van der Waals surface area contributed by atoms with Gasteiger partial charge in [0.15, 0.2) is 0 Å². The van der Waals surface area contributed by atoms with Gasteiger partial charge in [-0.25, -0.2) is 0 Å². The molecule has 0 aliphatic rings. The maximum atomic E-state index is 12.7. The summed E-state index contributed by atoms with van der Waals surface area (Å²) in [5.74, 6) is 0.0659. The van der Waals surface area contributed by atoms with E-state index in [0.29, 0.717) is 12.2 Å². The Kier molecular flexibility index (Phi) is 10.9. The Morgan fingerprint density at radius 3 is 1.94 bits per heavy atom. The van der Waals surface area contributed by atoms with Crippen molar-refractivity contribution in [2.45, 2.75) is 45.1 Å². The standard InChI is InChI=1S/C21H25F3N2O.C2HF3O/c1-15(2)19(26-18-10-8-17(9-11-18)21(22,23)24)14-20(27)25-13-12-16-6-4-3-5-7-16;3-2(4,5)1-6/h3-11,15,19,26H,12-14H2,1-2H3,(H,25,27);1H/t19-;/m0./s1. The second-order valence-electron chi connectivity index (χ2n) is 7.52. The van der Waals surface area contributed by atoms with Crippen molar-refractivity contribution in [1.82, 2.24) is 5.32 Å². The molecule has 4 nitrogen and oxygen atoms in total. The second kappa shape index (κ2) is 12.9. The highest BCUT2D eigenvalue weighted by atomic mass is 19.4. The summed E-state index contributed by atoms with van der Waals surface area (Å²) in [6, 6.07) is 14.6. The molecule has 0 aliphatic heterocycles. The predicted molar refractivity (Wildman–Crippen MR) is 114 cm³/mol. The first kappa shape index (κ1) is 28.0. The van der Waals surface area contributed by atoms with Crippen LogP contribution >= 0.6 is 0 Å². The summed E-state index contributed by atoms with van der Waals surface area (Å²) in [7, 11) is 0. The first-order chi connectivity index (χ1) is 15.3. The highest BCUT2D eigenvalue weighted by Gasteiger charge is 2.30. The Labute approximate surface area is 188 Å². The molecule has 2 N–H and O–H groups in total. The molecule has 0 saturated heterocycles. The van der Waals surface area contributed by atoms with Crippen molar-refractivity contribution >= 4 is 17.9 Å². The normalized spacial score (nSPS) is 12.4. The van der Waals surface area contributed by atoms with Gasteiger partial charge in [-0.1, -0.05) is 44.2 Å². The van der Waals surface area contributed by atoms with Crippen molar-refractivity contribution in [3.63, 3.8) is 0 Å². The number of benzene rings is 2. The van der Waals surface area contributed by atoms with Crippen LogP contribution in [0.15, 0.2) is 54.6 Å². The van der Waals surface area contributed by atoms with E-state index in [4.69, 9.17) is 4.79 Å². The summed E-state index contributed by atoms with van der Waals surface area (Å²) in [5.41, 5.74) is 1.03. The van der Waals surface area contributed by atoms with Crippen LogP contribution in [0.1, 0.15) is 31.4 Å². The summed E-state index contributed by atoms with van der Waals surface area (Å²) in [6.07, 6.45) is -9.04. The topological polar surface area (TPSA) is 58.2 Å². The van der Waals surface area contributed by atoms with Crippen molar-refractivity contribution in [3.05, 3.63) is 65.7 Å². The number of carbonyl (C=O) groups is 2. The molecule has 0 heterocycles. The monoisotopic (exact) mass is 476 g/mol. The van der Waals surface area contributed by atoms with Gasteiger partial charge in [-0.3, -0.25) is 9.59 Å². The van der Waals surface area contributed by atoms with E-state index in [0.717, 1.165) is 24.1 Å². The third kappa shape index (κ3) is 12.0. The minimum absolute atomic E-state index is 0.0796. The lowest BCUT2D eigenvalue weighted by Gasteiger charge is -2.23. The second-order valence-corrected chi connectivity index (χ2v) is 7.52. The molecule has 0 aromatic heterocycles. The van der Waals surface area contributed by atoms with Gasteiger partial charge < -0.3 is 10.6 Å². The molecule has 2 aromatic carbocycles. The van der Waals surface area contributed by atoms with E-state index in [1.54, 1.807) is 0 Å². The largest absolute Gasteiger partial charge is 0.446 e. The first-order valence-electron chi connectivity index (χ1n) is 10.1. The number of anilines is 1. The van der Waals surface area contributed by atoms with Gasteiger partial charge in [-0.15, -0.1) is 0 Å². The Morgan fingerprint density at radius 2 is 1.48 bits per heavy atom. The zero-order chi connectivity index (χ0) is 25.1. The van der Waals surface area contributed by atoms with Crippen LogP contribution in [0.5, 0.6) is 0 Å². The minimum atomic E-state index is -4.64. The zero-order valence-corrected chi connectivity index (χ0v) is 18.1. The van der Waals surface area contributed by atoms with Crippen molar-refractivity contribution in [2.75, 3.05) is 11.9 Å². The summed E-state index contributed by atoms with van der Waals surface area (Å²) in [5, 5.41) is 6.07. The number of halogens is 6. The van der Waals surface area contributed by atoms with Crippen LogP contribution in [-0.4, -0.2) is 31.0 Å². The SMILES string of the molecule is CC(C)[C@H](CC(=O)NCCc1ccccc1)Nc1ccc(C(F)(F)F)cc1.O=CC(F)(F)F. The lowest BCUT2D eigenvalue weighted by molar-refractivity contribution is -0.156. The number of amides is 1. The molecule has 1 amide bonds. The molecule has 2 rings (SSSR count). The van der Waals surface area contributed by atoms with E-state index in [-0.39, 0.29) is 24.3 Å². The molecule has 0 spiro atoms. The number of aldehydes is 1. The van der Waals surface area contributed by atoms with Gasteiger partial charge in [0.1, 0.15) is 0 Å². The van der Waals surface area contributed by atoms with E-state index in [9.17, 15) is 31.1 Å². The summed E-state index contributed by atoms with van der Waals surface area (Å²) >= 11 is 0. The minimum Gasteiger partial charge on any atom is -0.382 e. The molecule has 2 aromatic rings. The molecule has 0 unspecified atom stereocenters. The lowest BCUT2D eigenvalue weighted by atomic mass is 10.00. The summed E-state index contributed by atoms with van der Waals surface area (Å²) in [4.78, 5) is 20.9. The first-order valence-corrected chi connectivity index (χ1v) is 10.1. The zero-order valence-electron chi connectivity index (χ0n) is 18.1. The maximum absolute atomic E-state index is 12.7. The Morgan fingerprint density at radius 1 is 0.939 bits per heavy atom. The van der Waals surface area contributed by atoms with Gasteiger partial charge in [-0.05, 0) is 42.2 Å². The van der Waals surface area contributed by atoms with E-state index in [1.165, 1.54) is 12.1 Å². The predicted octanol–water partition coefficient (Wildman–Crippen LogP) is 5.64. The number of rotatable bonds is 8. The van der Waals surface area contributed by atoms with Crippen LogP contribution in [0, 0.1) is 5.92 Å². The third-order valence-electron chi connectivity index (χ3n) is 4.49. The van der Waals surface area contributed by atoms with Crippen LogP contribution in [-0.2, 0) is 22.2 Å². The number of hydrogen-bond acceptors (Lipinski definition) is 3. The average molecular weight is 476 g/mol. The van der Waals surface area contributed by atoms with Gasteiger partial charge in [-0.2, -0.15) is 26.3 Å². The number of alkyl halides is 6. The number of nitrogens with one attached hydrogen (secondary N) is 2. The fraction of sp³-hybridized carbons (Fsp3) is 0.391. The smallest absolute Gasteiger partial charge is 0.382 e. The molecule has 182 valence electrons. The molecule has 0 aliphatic carbocycles.